The first-order chi connectivity index (χ1) is 15.2. The molecule has 0 saturated carbocycles. The topological polar surface area (TPSA) is 97.4 Å². The first-order valence-electron chi connectivity index (χ1n) is 10.3. The van der Waals surface area contributed by atoms with Crippen LogP contribution >= 0.6 is 11.8 Å². The number of ether oxygens (including phenoxy) is 3. The van der Waals surface area contributed by atoms with Gasteiger partial charge in [0.2, 0.25) is 5.91 Å². The molecule has 0 bridgehead atoms. The van der Waals surface area contributed by atoms with Crippen LogP contribution in [0.5, 0.6) is 11.5 Å². The minimum atomic E-state index is -0.377. The molecule has 1 N–H and O–H groups in total. The van der Waals surface area contributed by atoms with Crippen LogP contribution in [0.1, 0.15) is 19.4 Å². The van der Waals surface area contributed by atoms with Crippen LogP contribution < -0.4 is 14.8 Å². The lowest BCUT2D eigenvalue weighted by atomic mass is 10.0. The zero-order valence-electron chi connectivity index (χ0n) is 18.8. The number of imide groups is 1. The van der Waals surface area contributed by atoms with Crippen molar-refractivity contribution < 1.29 is 28.6 Å². The Bertz CT molecular complexity index is 917. The van der Waals surface area contributed by atoms with E-state index < -0.39 is 0 Å². The van der Waals surface area contributed by atoms with Crippen LogP contribution in [0.25, 0.3) is 6.08 Å². The Labute approximate surface area is 192 Å². The molecule has 0 unspecified atom stereocenters. The van der Waals surface area contributed by atoms with Crippen molar-refractivity contribution in [3.8, 4) is 11.5 Å². The monoisotopic (exact) mass is 463 g/mol. The van der Waals surface area contributed by atoms with Crippen molar-refractivity contribution in [3.05, 3.63) is 28.7 Å². The van der Waals surface area contributed by atoms with Crippen LogP contribution in [0.4, 0.5) is 4.79 Å². The van der Waals surface area contributed by atoms with Gasteiger partial charge in [0.15, 0.2) is 11.5 Å². The molecule has 9 nitrogen and oxygen atoms in total. The van der Waals surface area contributed by atoms with Gasteiger partial charge in [-0.1, -0.05) is 6.07 Å². The van der Waals surface area contributed by atoms with E-state index in [9.17, 15) is 14.4 Å². The Kier molecular flexibility index (Phi) is 7.81. The van der Waals surface area contributed by atoms with Gasteiger partial charge in [0.25, 0.3) is 11.1 Å². The van der Waals surface area contributed by atoms with Crippen LogP contribution in [0.3, 0.4) is 0 Å². The fraction of sp³-hybridized carbons (Fsp3) is 0.500. The van der Waals surface area contributed by atoms with Gasteiger partial charge in [-0.15, -0.1) is 0 Å². The molecule has 3 rings (SSSR count). The Hall–Kier alpha value is -2.56. The predicted octanol–water partition coefficient (Wildman–Crippen LogP) is 1.97. The lowest BCUT2D eigenvalue weighted by Gasteiger charge is -2.41. The summed E-state index contributed by atoms with van der Waals surface area (Å²) in [6, 6.07) is 5.25. The van der Waals surface area contributed by atoms with E-state index >= 15 is 0 Å². The van der Waals surface area contributed by atoms with Crippen LogP contribution in [-0.2, 0) is 14.3 Å². The summed E-state index contributed by atoms with van der Waals surface area (Å²) in [4.78, 5) is 40.9. The van der Waals surface area contributed by atoms with Crippen molar-refractivity contribution >= 4 is 34.9 Å². The molecule has 3 amide bonds. The number of methoxy groups -OCH3 is 2. The number of benzene rings is 1. The molecule has 1 aromatic rings. The third kappa shape index (κ3) is 5.62. The molecule has 0 spiro atoms. The summed E-state index contributed by atoms with van der Waals surface area (Å²) in [6.45, 7) is 6.48. The molecular formula is C22H29N3O6S. The Morgan fingerprint density at radius 1 is 1.25 bits per heavy atom. The molecule has 0 atom stereocenters. The highest BCUT2D eigenvalue weighted by Gasteiger charge is 2.35. The van der Waals surface area contributed by atoms with E-state index in [1.165, 1.54) is 7.11 Å². The number of carbonyl (C=O) groups excluding carboxylic acids is 3. The van der Waals surface area contributed by atoms with Crippen LogP contribution in [0.15, 0.2) is 23.1 Å². The lowest BCUT2D eigenvalue weighted by Crippen LogP contribution is -2.56. The third-order valence-electron chi connectivity index (χ3n) is 5.39. The second kappa shape index (κ2) is 10.4. The lowest BCUT2D eigenvalue weighted by molar-refractivity contribution is -0.128. The standard InChI is InChI=1S/C22H29N3O6S/c1-22(2)14-31-10-9-24(22)13-19(26)23-7-8-25-20(27)18(32-21(25)28)12-15-5-6-16(29-3)17(11-15)30-4/h5-6,11-12H,7-10,13-14H2,1-4H3,(H,23,26)/b18-12-. The molecule has 2 aliphatic heterocycles. The number of morpholine rings is 1. The molecule has 2 aliphatic rings. The highest BCUT2D eigenvalue weighted by atomic mass is 32.2. The van der Waals surface area contributed by atoms with Gasteiger partial charge in [-0.05, 0) is 49.4 Å². The van der Waals surface area contributed by atoms with Gasteiger partial charge in [-0.3, -0.25) is 24.2 Å². The molecule has 174 valence electrons. The summed E-state index contributed by atoms with van der Waals surface area (Å²) in [6.07, 6.45) is 1.64. The molecule has 32 heavy (non-hydrogen) atoms. The average Bonchev–Trinajstić information content (AvgIpc) is 3.02. The number of hydrogen-bond acceptors (Lipinski definition) is 8. The number of nitrogens with one attached hydrogen (secondary N) is 1. The fourth-order valence-electron chi connectivity index (χ4n) is 3.51. The molecule has 2 heterocycles. The summed E-state index contributed by atoms with van der Waals surface area (Å²) in [7, 11) is 3.08. The second-order valence-electron chi connectivity index (χ2n) is 8.08. The summed E-state index contributed by atoms with van der Waals surface area (Å²) < 4.78 is 16.0. The maximum Gasteiger partial charge on any atom is 0.293 e. The predicted molar refractivity (Wildman–Crippen MR) is 122 cm³/mol. The van der Waals surface area contributed by atoms with Gasteiger partial charge < -0.3 is 19.5 Å². The molecule has 0 radical (unpaired) electrons. The summed E-state index contributed by atoms with van der Waals surface area (Å²) in [5.74, 6) is 0.590. The Morgan fingerprint density at radius 2 is 2.00 bits per heavy atom. The fourth-order valence-corrected chi connectivity index (χ4v) is 4.37. The highest BCUT2D eigenvalue weighted by Crippen LogP contribution is 2.34. The summed E-state index contributed by atoms with van der Waals surface area (Å²) in [5.41, 5.74) is 0.506. The van der Waals surface area contributed by atoms with Gasteiger partial charge in [0.1, 0.15) is 0 Å². The maximum absolute atomic E-state index is 12.7. The van der Waals surface area contributed by atoms with E-state index in [0.29, 0.717) is 36.2 Å². The molecule has 2 fully saturated rings. The molecule has 0 aliphatic carbocycles. The SMILES string of the molecule is COc1ccc(/C=C2\SC(=O)N(CCNC(=O)CN3CCOCC3(C)C)C2=O)cc1OC. The summed E-state index contributed by atoms with van der Waals surface area (Å²) >= 11 is 0.879. The van der Waals surface area contributed by atoms with Gasteiger partial charge in [0.05, 0.1) is 38.9 Å². The zero-order chi connectivity index (χ0) is 23.3. The maximum atomic E-state index is 12.7. The Balaban J connectivity index is 1.55. The van der Waals surface area contributed by atoms with Crippen molar-refractivity contribution in [3.63, 3.8) is 0 Å². The van der Waals surface area contributed by atoms with E-state index in [-0.39, 0.29) is 42.2 Å². The van der Waals surface area contributed by atoms with Gasteiger partial charge in [-0.25, -0.2) is 0 Å². The van der Waals surface area contributed by atoms with Crippen molar-refractivity contribution in [1.29, 1.82) is 0 Å². The Morgan fingerprint density at radius 3 is 2.69 bits per heavy atom. The smallest absolute Gasteiger partial charge is 0.293 e. The first kappa shape index (κ1) is 24.1. The normalized spacial score (nSPS) is 20.0. The molecule has 1 aromatic carbocycles. The largest absolute Gasteiger partial charge is 0.493 e. The van der Waals surface area contributed by atoms with Crippen LogP contribution in [0.2, 0.25) is 0 Å². The van der Waals surface area contributed by atoms with Crippen molar-refractivity contribution in [2.75, 3.05) is 53.6 Å². The van der Waals surface area contributed by atoms with Crippen LogP contribution in [-0.4, -0.2) is 86.0 Å². The van der Waals surface area contributed by atoms with Crippen molar-refractivity contribution in [2.24, 2.45) is 0 Å². The minimum Gasteiger partial charge on any atom is -0.493 e. The third-order valence-corrected chi connectivity index (χ3v) is 6.30. The first-order valence-corrected chi connectivity index (χ1v) is 11.1. The summed E-state index contributed by atoms with van der Waals surface area (Å²) in [5, 5.41) is 2.45. The van der Waals surface area contributed by atoms with E-state index in [1.54, 1.807) is 31.4 Å². The number of hydrogen-bond donors (Lipinski definition) is 1. The van der Waals surface area contributed by atoms with E-state index in [2.05, 4.69) is 10.2 Å². The highest BCUT2D eigenvalue weighted by molar-refractivity contribution is 8.18. The molecule has 10 heteroatoms. The minimum absolute atomic E-state index is 0.117. The quantitative estimate of drug-likeness (QED) is 0.585. The van der Waals surface area contributed by atoms with Gasteiger partial charge in [0, 0.05) is 25.2 Å². The van der Waals surface area contributed by atoms with E-state index in [1.807, 2.05) is 13.8 Å². The number of rotatable bonds is 8. The molecular weight excluding hydrogens is 434 g/mol. The number of carbonyl (C=O) groups is 3. The van der Waals surface area contributed by atoms with Crippen molar-refractivity contribution in [2.45, 2.75) is 19.4 Å². The van der Waals surface area contributed by atoms with Gasteiger partial charge in [-0.2, -0.15) is 0 Å². The number of thioether (sulfide) groups is 1. The number of amides is 3. The van der Waals surface area contributed by atoms with E-state index in [0.717, 1.165) is 22.2 Å². The molecule has 0 aromatic heterocycles. The molecule has 2 saturated heterocycles. The van der Waals surface area contributed by atoms with Crippen LogP contribution in [0, 0.1) is 0 Å². The van der Waals surface area contributed by atoms with E-state index in [4.69, 9.17) is 14.2 Å². The van der Waals surface area contributed by atoms with Crippen molar-refractivity contribution in [1.82, 2.24) is 15.1 Å². The number of nitrogens with zero attached hydrogens (tertiary/aromatic N) is 2. The van der Waals surface area contributed by atoms with Gasteiger partial charge >= 0.3 is 0 Å². The average molecular weight is 464 g/mol. The zero-order valence-corrected chi connectivity index (χ0v) is 19.6. The second-order valence-corrected chi connectivity index (χ2v) is 9.08.